The van der Waals surface area contributed by atoms with Crippen LogP contribution in [0.1, 0.15) is 31.2 Å². The van der Waals surface area contributed by atoms with Gasteiger partial charge in [0.15, 0.2) is 0 Å². The summed E-state index contributed by atoms with van der Waals surface area (Å²) in [4.78, 5) is 15.0. The van der Waals surface area contributed by atoms with Gasteiger partial charge in [-0.05, 0) is 42.0 Å². The van der Waals surface area contributed by atoms with Gasteiger partial charge in [-0.1, -0.05) is 42.5 Å². The van der Waals surface area contributed by atoms with Crippen LogP contribution in [-0.4, -0.2) is 47.3 Å². The lowest BCUT2D eigenvalue weighted by atomic mass is 9.79. The fraction of sp³-hybridized carbons (Fsp3) is 0.476. The van der Waals surface area contributed by atoms with Gasteiger partial charge in [0, 0.05) is 13.7 Å². The number of methoxy groups -OCH3 is 1. The molecule has 0 aromatic heterocycles. The van der Waals surface area contributed by atoms with Gasteiger partial charge in [-0.2, -0.15) is 0 Å². The number of benzene rings is 2. The minimum atomic E-state index is -0.334. The zero-order valence-electron chi connectivity index (χ0n) is 14.6. The van der Waals surface area contributed by atoms with Crippen LogP contribution in [0.4, 0.5) is 0 Å². The number of carbonyl (C=O) groups is 1. The molecule has 1 aliphatic heterocycles. The third-order valence-electron chi connectivity index (χ3n) is 6.10. The minimum Gasteiger partial charge on any atom is -0.393 e. The summed E-state index contributed by atoms with van der Waals surface area (Å²) in [6.07, 6.45) is 3.13. The Morgan fingerprint density at radius 2 is 2.04 bits per heavy atom. The van der Waals surface area contributed by atoms with Gasteiger partial charge in [0.25, 0.3) is 0 Å². The first kappa shape index (κ1) is 16.6. The summed E-state index contributed by atoms with van der Waals surface area (Å²) in [5.41, 5.74) is 0.794. The lowest BCUT2D eigenvalue weighted by molar-refractivity contribution is -0.139. The number of aliphatic hydroxyl groups excluding tert-OH is 1. The Bertz CT molecular complexity index is 784. The second kappa shape index (κ2) is 6.43. The van der Waals surface area contributed by atoms with Gasteiger partial charge in [0.1, 0.15) is 0 Å². The van der Waals surface area contributed by atoms with Crippen molar-refractivity contribution in [2.75, 3.05) is 13.7 Å². The van der Waals surface area contributed by atoms with Gasteiger partial charge >= 0.3 is 0 Å². The number of ether oxygens (including phenoxy) is 1. The number of aliphatic hydroxyl groups is 1. The van der Waals surface area contributed by atoms with Gasteiger partial charge in [-0.3, -0.25) is 4.79 Å². The summed E-state index contributed by atoms with van der Waals surface area (Å²) in [5.74, 6) is 0.134. The lowest BCUT2D eigenvalue weighted by Crippen LogP contribution is -2.53. The first-order valence-corrected chi connectivity index (χ1v) is 9.12. The van der Waals surface area contributed by atoms with E-state index in [1.54, 1.807) is 7.11 Å². The van der Waals surface area contributed by atoms with E-state index < -0.39 is 0 Å². The molecule has 2 aromatic rings. The minimum absolute atomic E-state index is 0.0104. The number of fused-ring (bicyclic) bond motifs is 2. The topological polar surface area (TPSA) is 49.8 Å². The molecular formula is C21H25NO3. The Morgan fingerprint density at radius 1 is 1.24 bits per heavy atom. The van der Waals surface area contributed by atoms with Crippen molar-refractivity contribution in [3.8, 4) is 0 Å². The molecule has 1 saturated carbocycles. The van der Waals surface area contributed by atoms with E-state index in [2.05, 4.69) is 18.2 Å². The third-order valence-corrected chi connectivity index (χ3v) is 6.10. The summed E-state index contributed by atoms with van der Waals surface area (Å²) in [6, 6.07) is 14.3. The van der Waals surface area contributed by atoms with E-state index in [9.17, 15) is 9.90 Å². The van der Waals surface area contributed by atoms with Gasteiger partial charge in [0.2, 0.25) is 5.91 Å². The lowest BCUT2D eigenvalue weighted by Gasteiger charge is -2.42. The largest absolute Gasteiger partial charge is 0.393 e. The average Bonchev–Trinajstić information content (AvgIpc) is 3.01. The molecule has 0 bridgehead atoms. The van der Waals surface area contributed by atoms with Crippen LogP contribution in [0, 0.1) is 0 Å². The monoisotopic (exact) mass is 339 g/mol. The van der Waals surface area contributed by atoms with E-state index in [1.165, 1.54) is 0 Å². The van der Waals surface area contributed by atoms with Crippen molar-refractivity contribution in [2.45, 2.75) is 49.9 Å². The van der Waals surface area contributed by atoms with E-state index in [1.807, 2.05) is 29.2 Å². The second-order valence-electron chi connectivity index (χ2n) is 7.37. The quantitative estimate of drug-likeness (QED) is 0.935. The molecule has 1 N–H and O–H groups in total. The van der Waals surface area contributed by atoms with E-state index >= 15 is 0 Å². The molecule has 2 aromatic carbocycles. The number of rotatable bonds is 3. The molecule has 4 heteroatoms. The van der Waals surface area contributed by atoms with Crippen molar-refractivity contribution in [3.05, 3.63) is 48.0 Å². The number of hydrogen-bond acceptors (Lipinski definition) is 3. The Kier molecular flexibility index (Phi) is 4.26. The zero-order valence-corrected chi connectivity index (χ0v) is 14.6. The van der Waals surface area contributed by atoms with E-state index in [0.717, 1.165) is 42.1 Å². The maximum atomic E-state index is 13.1. The highest BCUT2D eigenvalue weighted by atomic mass is 16.5. The number of amides is 1. The van der Waals surface area contributed by atoms with Crippen molar-refractivity contribution >= 4 is 16.7 Å². The van der Waals surface area contributed by atoms with Crippen molar-refractivity contribution in [2.24, 2.45) is 0 Å². The number of likely N-dealkylation sites (tertiary alicyclic amines) is 1. The molecule has 1 aliphatic carbocycles. The number of hydrogen-bond donors (Lipinski definition) is 1. The van der Waals surface area contributed by atoms with Crippen LogP contribution in [0.5, 0.6) is 0 Å². The second-order valence-corrected chi connectivity index (χ2v) is 7.37. The average molecular weight is 339 g/mol. The highest BCUT2D eigenvalue weighted by Crippen LogP contribution is 2.42. The van der Waals surface area contributed by atoms with Crippen molar-refractivity contribution < 1.29 is 14.6 Å². The summed E-state index contributed by atoms with van der Waals surface area (Å²) in [7, 11) is 1.74. The van der Waals surface area contributed by atoms with Crippen LogP contribution in [0.25, 0.3) is 10.8 Å². The summed E-state index contributed by atoms with van der Waals surface area (Å²) >= 11 is 0. The smallest absolute Gasteiger partial charge is 0.227 e. The molecule has 3 atom stereocenters. The molecule has 0 unspecified atom stereocenters. The fourth-order valence-corrected chi connectivity index (χ4v) is 4.69. The SMILES string of the molecule is CO[C@@]12CC[C@@H](O)C[C@@H]1N(C(=O)Cc1cccc3ccccc13)CC2. The maximum absolute atomic E-state index is 13.1. The standard InChI is InChI=1S/C21H25NO3/c1-25-21-10-9-17(23)14-19(21)22(12-11-21)20(24)13-16-7-4-6-15-5-2-3-8-18(15)16/h2-8,17,19,23H,9-14H2,1H3/t17-,19+,21-/m1/s1. The Morgan fingerprint density at radius 3 is 2.88 bits per heavy atom. The molecule has 0 radical (unpaired) electrons. The van der Waals surface area contributed by atoms with Crippen LogP contribution in [0.3, 0.4) is 0 Å². The molecule has 2 fully saturated rings. The molecule has 0 spiro atoms. The fourth-order valence-electron chi connectivity index (χ4n) is 4.69. The van der Waals surface area contributed by atoms with Gasteiger partial charge < -0.3 is 14.7 Å². The van der Waals surface area contributed by atoms with E-state index in [4.69, 9.17) is 4.74 Å². The molecule has 2 aliphatic rings. The van der Waals surface area contributed by atoms with Gasteiger partial charge in [-0.15, -0.1) is 0 Å². The number of carbonyl (C=O) groups excluding carboxylic acids is 1. The summed E-state index contributed by atoms with van der Waals surface area (Å²) in [5, 5.41) is 12.4. The molecule has 4 nitrogen and oxygen atoms in total. The molecule has 1 heterocycles. The maximum Gasteiger partial charge on any atom is 0.227 e. The Hall–Kier alpha value is -1.91. The zero-order chi connectivity index (χ0) is 17.4. The Labute approximate surface area is 148 Å². The van der Waals surface area contributed by atoms with Crippen LogP contribution in [-0.2, 0) is 16.0 Å². The van der Waals surface area contributed by atoms with Crippen LogP contribution >= 0.6 is 0 Å². The molecule has 1 saturated heterocycles. The molecule has 132 valence electrons. The van der Waals surface area contributed by atoms with E-state index in [-0.39, 0.29) is 23.7 Å². The highest BCUT2D eigenvalue weighted by Gasteiger charge is 2.52. The molecular weight excluding hydrogens is 314 g/mol. The highest BCUT2D eigenvalue weighted by molar-refractivity contribution is 5.90. The summed E-state index contributed by atoms with van der Waals surface area (Å²) in [6.45, 7) is 0.717. The predicted molar refractivity (Wildman–Crippen MR) is 97.4 cm³/mol. The number of nitrogens with zero attached hydrogens (tertiary/aromatic N) is 1. The first-order valence-electron chi connectivity index (χ1n) is 9.12. The van der Waals surface area contributed by atoms with Crippen LogP contribution in [0.15, 0.2) is 42.5 Å². The van der Waals surface area contributed by atoms with Crippen molar-refractivity contribution in [3.63, 3.8) is 0 Å². The normalized spacial score (nSPS) is 29.0. The van der Waals surface area contributed by atoms with Gasteiger partial charge in [-0.25, -0.2) is 0 Å². The third kappa shape index (κ3) is 2.83. The van der Waals surface area contributed by atoms with Crippen LogP contribution in [0.2, 0.25) is 0 Å². The Balaban J connectivity index is 1.58. The van der Waals surface area contributed by atoms with Crippen molar-refractivity contribution in [1.82, 2.24) is 4.90 Å². The molecule has 1 amide bonds. The molecule has 4 rings (SSSR count). The van der Waals surface area contributed by atoms with Crippen LogP contribution < -0.4 is 0 Å². The summed E-state index contributed by atoms with van der Waals surface area (Å²) < 4.78 is 5.85. The van der Waals surface area contributed by atoms with Gasteiger partial charge in [0.05, 0.1) is 24.2 Å². The first-order chi connectivity index (χ1) is 12.1. The predicted octanol–water partition coefficient (Wildman–Crippen LogP) is 2.91. The van der Waals surface area contributed by atoms with Crippen molar-refractivity contribution in [1.29, 1.82) is 0 Å². The molecule has 25 heavy (non-hydrogen) atoms. The van der Waals surface area contributed by atoms with E-state index in [0.29, 0.717) is 12.8 Å².